The first-order valence-electron chi connectivity index (χ1n) is 7.31. The molecule has 1 atom stereocenters. The van der Waals surface area contributed by atoms with Gasteiger partial charge in [0.2, 0.25) is 0 Å². The van der Waals surface area contributed by atoms with Crippen molar-refractivity contribution in [3.05, 3.63) is 24.0 Å². The Hall–Kier alpha value is -1.13. The largest absolute Gasteiger partial charge is 0.395 e. The van der Waals surface area contributed by atoms with Crippen molar-refractivity contribution < 1.29 is 5.11 Å². The lowest BCUT2D eigenvalue weighted by Crippen LogP contribution is -2.27. The summed E-state index contributed by atoms with van der Waals surface area (Å²) in [5.74, 6) is 0. The van der Waals surface area contributed by atoms with E-state index in [4.69, 9.17) is 5.11 Å². The molecule has 1 rings (SSSR count). The SMILES string of the molecule is CCCN(CCO)c1ccc(C(CC)NCC)nc1. The summed E-state index contributed by atoms with van der Waals surface area (Å²) in [7, 11) is 0. The molecule has 0 aliphatic rings. The summed E-state index contributed by atoms with van der Waals surface area (Å²) in [6, 6.07) is 4.52. The van der Waals surface area contributed by atoms with Crippen LogP contribution in [-0.4, -0.2) is 36.3 Å². The predicted octanol–water partition coefficient (Wildman–Crippen LogP) is 2.35. The maximum absolute atomic E-state index is 9.10. The van der Waals surface area contributed by atoms with Gasteiger partial charge in [0.05, 0.1) is 24.2 Å². The van der Waals surface area contributed by atoms with Gasteiger partial charge in [0.15, 0.2) is 0 Å². The molecule has 108 valence electrons. The molecule has 0 aliphatic carbocycles. The summed E-state index contributed by atoms with van der Waals surface area (Å²) < 4.78 is 0. The number of nitrogens with zero attached hydrogens (tertiary/aromatic N) is 2. The molecule has 4 heteroatoms. The Morgan fingerprint density at radius 2 is 2.05 bits per heavy atom. The number of pyridine rings is 1. The smallest absolute Gasteiger partial charge is 0.0606 e. The van der Waals surface area contributed by atoms with E-state index >= 15 is 0 Å². The second-order valence-corrected chi connectivity index (χ2v) is 4.67. The topological polar surface area (TPSA) is 48.4 Å². The Kier molecular flexibility index (Phi) is 7.45. The highest BCUT2D eigenvalue weighted by Gasteiger charge is 2.10. The zero-order chi connectivity index (χ0) is 14.1. The maximum atomic E-state index is 9.10. The summed E-state index contributed by atoms with van der Waals surface area (Å²) in [6.45, 7) is 9.17. The van der Waals surface area contributed by atoms with Gasteiger partial charge in [-0.05, 0) is 31.5 Å². The molecule has 1 aromatic heterocycles. The standard InChI is InChI=1S/C15H27N3O/c1-4-9-18(10-11-19)13-7-8-15(17-12-13)14(5-2)16-6-3/h7-8,12,14,16,19H,4-6,9-11H2,1-3H3. The highest BCUT2D eigenvalue weighted by molar-refractivity contribution is 5.44. The number of hydrogen-bond acceptors (Lipinski definition) is 4. The molecule has 0 saturated carbocycles. The number of rotatable bonds is 9. The number of aromatic nitrogens is 1. The van der Waals surface area contributed by atoms with Gasteiger partial charge in [-0.3, -0.25) is 4.98 Å². The van der Waals surface area contributed by atoms with Crippen LogP contribution in [0.3, 0.4) is 0 Å². The molecule has 2 N–H and O–H groups in total. The van der Waals surface area contributed by atoms with E-state index in [1.807, 2.05) is 6.20 Å². The van der Waals surface area contributed by atoms with Crippen molar-refractivity contribution in [2.45, 2.75) is 39.7 Å². The van der Waals surface area contributed by atoms with Crippen LogP contribution in [0.2, 0.25) is 0 Å². The van der Waals surface area contributed by atoms with Crippen LogP contribution in [0.25, 0.3) is 0 Å². The van der Waals surface area contributed by atoms with Crippen LogP contribution in [0.5, 0.6) is 0 Å². The average molecular weight is 265 g/mol. The summed E-state index contributed by atoms with van der Waals surface area (Å²) in [5.41, 5.74) is 2.18. The van der Waals surface area contributed by atoms with Gasteiger partial charge >= 0.3 is 0 Å². The molecule has 1 unspecified atom stereocenters. The highest BCUT2D eigenvalue weighted by atomic mass is 16.3. The van der Waals surface area contributed by atoms with Crippen LogP contribution in [-0.2, 0) is 0 Å². The zero-order valence-corrected chi connectivity index (χ0v) is 12.4. The third kappa shape index (κ3) is 4.80. The molecule has 0 fully saturated rings. The normalized spacial score (nSPS) is 12.4. The van der Waals surface area contributed by atoms with Gasteiger partial charge in [0.25, 0.3) is 0 Å². The minimum absolute atomic E-state index is 0.177. The summed E-state index contributed by atoms with van der Waals surface area (Å²) in [5, 5.41) is 12.5. The molecular formula is C15H27N3O. The Labute approximate surface area is 116 Å². The number of hydrogen-bond donors (Lipinski definition) is 2. The lowest BCUT2D eigenvalue weighted by molar-refractivity contribution is 0.302. The third-order valence-corrected chi connectivity index (χ3v) is 3.22. The molecule has 4 nitrogen and oxygen atoms in total. The molecule has 0 aromatic carbocycles. The van der Waals surface area contributed by atoms with Crippen molar-refractivity contribution in [2.24, 2.45) is 0 Å². The van der Waals surface area contributed by atoms with Crippen molar-refractivity contribution in [1.82, 2.24) is 10.3 Å². The van der Waals surface area contributed by atoms with Gasteiger partial charge in [-0.1, -0.05) is 20.8 Å². The van der Waals surface area contributed by atoms with E-state index in [2.05, 4.69) is 48.1 Å². The Bertz CT molecular complexity index is 334. The Morgan fingerprint density at radius 1 is 1.26 bits per heavy atom. The second-order valence-electron chi connectivity index (χ2n) is 4.67. The molecule has 0 spiro atoms. The Balaban J connectivity index is 2.78. The van der Waals surface area contributed by atoms with Crippen LogP contribution in [0.4, 0.5) is 5.69 Å². The molecule has 0 aliphatic heterocycles. The quantitative estimate of drug-likeness (QED) is 0.719. The highest BCUT2D eigenvalue weighted by Crippen LogP contribution is 2.18. The first-order valence-corrected chi connectivity index (χ1v) is 7.31. The van der Waals surface area contributed by atoms with Crippen molar-refractivity contribution in [3.63, 3.8) is 0 Å². The van der Waals surface area contributed by atoms with E-state index in [1.165, 1.54) is 0 Å². The van der Waals surface area contributed by atoms with E-state index in [9.17, 15) is 0 Å². The van der Waals surface area contributed by atoms with Crippen molar-refractivity contribution in [3.8, 4) is 0 Å². The van der Waals surface area contributed by atoms with Crippen molar-refractivity contribution >= 4 is 5.69 Å². The van der Waals surface area contributed by atoms with Crippen molar-refractivity contribution in [2.75, 3.05) is 31.1 Å². The minimum Gasteiger partial charge on any atom is -0.395 e. The van der Waals surface area contributed by atoms with Crippen LogP contribution in [0.15, 0.2) is 18.3 Å². The average Bonchev–Trinajstić information content (AvgIpc) is 2.45. The summed E-state index contributed by atoms with van der Waals surface area (Å²) >= 11 is 0. The van der Waals surface area contributed by atoms with Crippen molar-refractivity contribution in [1.29, 1.82) is 0 Å². The molecular weight excluding hydrogens is 238 g/mol. The summed E-state index contributed by atoms with van der Waals surface area (Å²) in [6.07, 6.45) is 4.02. The maximum Gasteiger partial charge on any atom is 0.0606 e. The van der Waals surface area contributed by atoms with Gasteiger partial charge in [0.1, 0.15) is 0 Å². The Morgan fingerprint density at radius 3 is 2.53 bits per heavy atom. The molecule has 1 aromatic rings. The van der Waals surface area contributed by atoms with Crippen LogP contribution in [0, 0.1) is 0 Å². The number of aliphatic hydroxyl groups is 1. The van der Waals surface area contributed by atoms with Crippen LogP contribution >= 0.6 is 0 Å². The number of anilines is 1. The first kappa shape index (κ1) is 15.9. The van der Waals surface area contributed by atoms with Crippen LogP contribution in [0.1, 0.15) is 45.3 Å². The van der Waals surface area contributed by atoms with E-state index in [0.717, 1.165) is 37.3 Å². The molecule has 19 heavy (non-hydrogen) atoms. The van der Waals surface area contributed by atoms with E-state index in [-0.39, 0.29) is 6.61 Å². The lowest BCUT2D eigenvalue weighted by Gasteiger charge is -2.23. The number of nitrogens with one attached hydrogen (secondary N) is 1. The molecule has 0 amide bonds. The van der Waals surface area contributed by atoms with E-state index in [1.54, 1.807) is 0 Å². The van der Waals surface area contributed by atoms with Gasteiger partial charge in [0, 0.05) is 19.1 Å². The molecule has 0 saturated heterocycles. The van der Waals surface area contributed by atoms with Gasteiger partial charge in [-0.2, -0.15) is 0 Å². The third-order valence-electron chi connectivity index (χ3n) is 3.22. The summed E-state index contributed by atoms with van der Waals surface area (Å²) in [4.78, 5) is 6.74. The first-order chi connectivity index (χ1) is 9.26. The van der Waals surface area contributed by atoms with Gasteiger partial charge < -0.3 is 15.3 Å². The molecule has 0 radical (unpaired) electrons. The fourth-order valence-corrected chi connectivity index (χ4v) is 2.26. The fraction of sp³-hybridized carbons (Fsp3) is 0.667. The van der Waals surface area contributed by atoms with Gasteiger partial charge in [-0.15, -0.1) is 0 Å². The van der Waals surface area contributed by atoms with E-state index < -0.39 is 0 Å². The van der Waals surface area contributed by atoms with Crippen LogP contribution < -0.4 is 10.2 Å². The minimum atomic E-state index is 0.177. The molecule has 1 heterocycles. The van der Waals surface area contributed by atoms with Gasteiger partial charge in [-0.25, -0.2) is 0 Å². The second kappa shape index (κ2) is 8.88. The predicted molar refractivity (Wildman–Crippen MR) is 80.5 cm³/mol. The number of aliphatic hydroxyl groups excluding tert-OH is 1. The zero-order valence-electron chi connectivity index (χ0n) is 12.4. The molecule has 0 bridgehead atoms. The van der Waals surface area contributed by atoms with E-state index in [0.29, 0.717) is 12.6 Å². The monoisotopic (exact) mass is 265 g/mol. The lowest BCUT2D eigenvalue weighted by atomic mass is 10.1. The fourth-order valence-electron chi connectivity index (χ4n) is 2.26.